The lowest BCUT2D eigenvalue weighted by Crippen LogP contribution is -2.13. The van der Waals surface area contributed by atoms with E-state index in [4.69, 9.17) is 16.9 Å². The standard InChI is InChI=1S/C16H12ClN5O/c1-9-13-14(17)12(8-19-15(13)22(2)21-9)16(23)20-11-5-3-10(7-18)4-6-11/h3-6,8H,1-2H3,(H,20,23). The van der Waals surface area contributed by atoms with E-state index < -0.39 is 0 Å². The molecule has 0 aliphatic carbocycles. The number of carbonyl (C=O) groups is 1. The fourth-order valence-electron chi connectivity index (χ4n) is 2.35. The summed E-state index contributed by atoms with van der Waals surface area (Å²) in [7, 11) is 1.77. The van der Waals surface area contributed by atoms with Crippen molar-refractivity contribution < 1.29 is 4.79 Å². The zero-order valence-corrected chi connectivity index (χ0v) is 13.2. The highest BCUT2D eigenvalue weighted by Crippen LogP contribution is 2.28. The second-order valence-corrected chi connectivity index (χ2v) is 5.41. The first-order valence-corrected chi connectivity index (χ1v) is 7.18. The Bertz CT molecular complexity index is 953. The highest BCUT2D eigenvalue weighted by molar-refractivity contribution is 6.39. The molecule has 23 heavy (non-hydrogen) atoms. The van der Waals surface area contributed by atoms with Crippen LogP contribution in [0.3, 0.4) is 0 Å². The Morgan fingerprint density at radius 2 is 2.04 bits per heavy atom. The average molecular weight is 326 g/mol. The van der Waals surface area contributed by atoms with E-state index in [0.717, 1.165) is 0 Å². The molecule has 0 aliphatic rings. The first kappa shape index (κ1) is 15.0. The van der Waals surface area contributed by atoms with Gasteiger partial charge in [0.25, 0.3) is 5.91 Å². The monoisotopic (exact) mass is 325 g/mol. The van der Waals surface area contributed by atoms with E-state index in [-0.39, 0.29) is 11.5 Å². The number of fused-ring (bicyclic) bond motifs is 1. The number of benzene rings is 1. The third kappa shape index (κ3) is 2.62. The van der Waals surface area contributed by atoms with Gasteiger partial charge < -0.3 is 5.32 Å². The van der Waals surface area contributed by atoms with Crippen molar-refractivity contribution in [1.29, 1.82) is 5.26 Å². The number of anilines is 1. The Labute approximate surface area is 137 Å². The van der Waals surface area contributed by atoms with Gasteiger partial charge in [0, 0.05) is 18.9 Å². The van der Waals surface area contributed by atoms with Crippen molar-refractivity contribution in [2.75, 3.05) is 5.32 Å². The molecule has 2 aromatic heterocycles. The van der Waals surface area contributed by atoms with Crippen molar-refractivity contribution in [2.24, 2.45) is 7.05 Å². The number of nitrogens with zero attached hydrogens (tertiary/aromatic N) is 4. The number of nitrogens with one attached hydrogen (secondary N) is 1. The number of aromatic nitrogens is 3. The summed E-state index contributed by atoms with van der Waals surface area (Å²) in [5.41, 5.74) is 2.72. The van der Waals surface area contributed by atoms with E-state index in [1.54, 1.807) is 36.0 Å². The fourth-order valence-corrected chi connectivity index (χ4v) is 2.71. The van der Waals surface area contributed by atoms with E-state index >= 15 is 0 Å². The van der Waals surface area contributed by atoms with Crippen LogP contribution in [0.5, 0.6) is 0 Å². The lowest BCUT2D eigenvalue weighted by atomic mass is 10.1. The maximum atomic E-state index is 12.4. The number of hydrogen-bond acceptors (Lipinski definition) is 4. The normalized spacial score (nSPS) is 10.5. The van der Waals surface area contributed by atoms with Gasteiger partial charge in [-0.05, 0) is 31.2 Å². The van der Waals surface area contributed by atoms with Crippen LogP contribution in [0.15, 0.2) is 30.5 Å². The molecule has 3 rings (SSSR count). The van der Waals surface area contributed by atoms with Gasteiger partial charge in [-0.3, -0.25) is 9.48 Å². The molecule has 0 unspecified atom stereocenters. The van der Waals surface area contributed by atoms with Crippen LogP contribution in [0.2, 0.25) is 5.02 Å². The highest BCUT2D eigenvalue weighted by Gasteiger charge is 2.18. The number of hydrogen-bond donors (Lipinski definition) is 1. The second-order valence-electron chi connectivity index (χ2n) is 5.04. The molecular weight excluding hydrogens is 314 g/mol. The van der Waals surface area contributed by atoms with Crippen molar-refractivity contribution in [3.05, 3.63) is 52.3 Å². The molecule has 1 aromatic carbocycles. The summed E-state index contributed by atoms with van der Waals surface area (Å²) in [4.78, 5) is 16.7. The number of amides is 1. The maximum Gasteiger partial charge on any atom is 0.258 e. The predicted molar refractivity (Wildman–Crippen MR) is 87.4 cm³/mol. The Hall–Kier alpha value is -2.91. The summed E-state index contributed by atoms with van der Waals surface area (Å²) >= 11 is 6.37. The topological polar surface area (TPSA) is 83.6 Å². The molecule has 0 saturated heterocycles. The number of halogens is 1. The van der Waals surface area contributed by atoms with Crippen molar-refractivity contribution in [3.8, 4) is 6.07 Å². The summed E-state index contributed by atoms with van der Waals surface area (Å²) in [6, 6.07) is 8.60. The largest absolute Gasteiger partial charge is 0.322 e. The molecule has 2 heterocycles. The first-order chi connectivity index (χ1) is 11.0. The van der Waals surface area contributed by atoms with Gasteiger partial charge in [0.2, 0.25) is 0 Å². The van der Waals surface area contributed by atoms with Crippen LogP contribution < -0.4 is 5.32 Å². The molecule has 0 atom stereocenters. The molecule has 7 heteroatoms. The zero-order valence-electron chi connectivity index (χ0n) is 12.5. The van der Waals surface area contributed by atoms with Crippen molar-refractivity contribution in [2.45, 2.75) is 6.92 Å². The van der Waals surface area contributed by atoms with Crippen LogP contribution in [-0.4, -0.2) is 20.7 Å². The molecule has 0 aliphatic heterocycles. The van der Waals surface area contributed by atoms with Crippen LogP contribution in [0.4, 0.5) is 5.69 Å². The van der Waals surface area contributed by atoms with Gasteiger partial charge in [-0.2, -0.15) is 10.4 Å². The van der Waals surface area contributed by atoms with Gasteiger partial charge >= 0.3 is 0 Å². The predicted octanol–water partition coefficient (Wildman–Crippen LogP) is 3.05. The van der Waals surface area contributed by atoms with E-state index in [9.17, 15) is 4.79 Å². The van der Waals surface area contributed by atoms with Crippen molar-refractivity contribution in [1.82, 2.24) is 14.8 Å². The minimum absolute atomic E-state index is 0.277. The smallest absolute Gasteiger partial charge is 0.258 e. The second kappa shape index (κ2) is 5.71. The van der Waals surface area contributed by atoms with Gasteiger partial charge in [-0.25, -0.2) is 4.98 Å². The van der Waals surface area contributed by atoms with E-state index in [1.165, 1.54) is 6.20 Å². The summed E-state index contributed by atoms with van der Waals surface area (Å²) in [5, 5.41) is 16.8. The van der Waals surface area contributed by atoms with Gasteiger partial charge in [0.05, 0.1) is 33.3 Å². The van der Waals surface area contributed by atoms with E-state index in [2.05, 4.69) is 15.4 Å². The summed E-state index contributed by atoms with van der Waals surface area (Å²) in [6.07, 6.45) is 1.44. The van der Waals surface area contributed by atoms with Gasteiger partial charge in [0.15, 0.2) is 5.65 Å². The minimum atomic E-state index is -0.364. The number of pyridine rings is 1. The lowest BCUT2D eigenvalue weighted by molar-refractivity contribution is 0.102. The van der Waals surface area contributed by atoms with E-state index in [0.29, 0.717) is 33.0 Å². The molecule has 0 bridgehead atoms. The molecule has 3 aromatic rings. The molecule has 0 saturated carbocycles. The third-order valence-corrected chi connectivity index (χ3v) is 3.87. The van der Waals surface area contributed by atoms with Crippen LogP contribution in [-0.2, 0) is 7.05 Å². The molecule has 1 amide bonds. The minimum Gasteiger partial charge on any atom is -0.322 e. The third-order valence-electron chi connectivity index (χ3n) is 3.48. The molecular formula is C16H12ClN5O. The van der Waals surface area contributed by atoms with Gasteiger partial charge in [-0.15, -0.1) is 0 Å². The van der Waals surface area contributed by atoms with Crippen LogP contribution in [0, 0.1) is 18.3 Å². The lowest BCUT2D eigenvalue weighted by Gasteiger charge is -2.07. The molecule has 1 N–H and O–H groups in total. The SMILES string of the molecule is Cc1nn(C)c2ncc(C(=O)Nc3ccc(C#N)cc3)c(Cl)c12. The average Bonchev–Trinajstić information content (AvgIpc) is 2.83. The summed E-state index contributed by atoms with van der Waals surface area (Å²) in [5.74, 6) is -0.364. The number of rotatable bonds is 2. The Balaban J connectivity index is 1.96. The van der Waals surface area contributed by atoms with Gasteiger partial charge in [0.1, 0.15) is 0 Å². The fraction of sp³-hybridized carbons (Fsp3) is 0.125. The molecule has 0 fully saturated rings. The van der Waals surface area contributed by atoms with Crippen LogP contribution in [0.25, 0.3) is 11.0 Å². The quantitative estimate of drug-likeness (QED) is 0.784. The number of carbonyl (C=O) groups excluding carboxylic acids is 1. The Kier molecular flexibility index (Phi) is 3.72. The number of nitriles is 1. The van der Waals surface area contributed by atoms with Crippen molar-refractivity contribution >= 4 is 34.2 Å². The Morgan fingerprint density at radius 3 is 2.70 bits per heavy atom. The zero-order chi connectivity index (χ0) is 16.6. The van der Waals surface area contributed by atoms with E-state index in [1.807, 2.05) is 13.0 Å². The van der Waals surface area contributed by atoms with Crippen LogP contribution in [0.1, 0.15) is 21.6 Å². The van der Waals surface area contributed by atoms with Gasteiger partial charge in [-0.1, -0.05) is 11.6 Å². The molecule has 0 spiro atoms. The number of aryl methyl sites for hydroxylation is 2. The summed E-state index contributed by atoms with van der Waals surface area (Å²) < 4.78 is 1.62. The van der Waals surface area contributed by atoms with Crippen molar-refractivity contribution in [3.63, 3.8) is 0 Å². The molecule has 6 nitrogen and oxygen atoms in total. The summed E-state index contributed by atoms with van der Waals surface area (Å²) in [6.45, 7) is 1.82. The molecule has 0 radical (unpaired) electrons. The first-order valence-electron chi connectivity index (χ1n) is 6.80. The van der Waals surface area contributed by atoms with Crippen LogP contribution >= 0.6 is 11.6 Å². The molecule has 114 valence electrons. The Morgan fingerprint density at radius 1 is 1.35 bits per heavy atom. The highest BCUT2D eigenvalue weighted by atomic mass is 35.5. The maximum absolute atomic E-state index is 12.4.